The van der Waals surface area contributed by atoms with Crippen LogP contribution in [0, 0.1) is 12.3 Å². The van der Waals surface area contributed by atoms with Gasteiger partial charge in [0, 0.05) is 24.7 Å². The predicted molar refractivity (Wildman–Crippen MR) is 83.7 cm³/mol. The maximum absolute atomic E-state index is 5.47. The average Bonchev–Trinajstić information content (AvgIpc) is 2.42. The van der Waals surface area contributed by atoms with Crippen LogP contribution in [0.1, 0.15) is 24.0 Å². The van der Waals surface area contributed by atoms with Crippen molar-refractivity contribution in [3.05, 3.63) is 35.4 Å². The summed E-state index contributed by atoms with van der Waals surface area (Å²) in [4.78, 5) is 0. The molecule has 0 saturated carbocycles. The van der Waals surface area contributed by atoms with Gasteiger partial charge in [-0.25, -0.2) is 0 Å². The summed E-state index contributed by atoms with van der Waals surface area (Å²) in [6.07, 6.45) is 2.33. The van der Waals surface area contributed by atoms with Gasteiger partial charge in [0.05, 0.1) is 0 Å². The van der Waals surface area contributed by atoms with Gasteiger partial charge in [-0.05, 0) is 42.1 Å². The van der Waals surface area contributed by atoms with Gasteiger partial charge in [0.25, 0.3) is 0 Å². The highest BCUT2D eigenvalue weighted by Crippen LogP contribution is 2.36. The number of ether oxygens (including phenoxy) is 1. The Hall–Kier alpha value is -0.120. The van der Waals surface area contributed by atoms with Gasteiger partial charge < -0.3 is 4.74 Å². The molecule has 0 amide bonds. The zero-order valence-electron chi connectivity index (χ0n) is 11.0. The third kappa shape index (κ3) is 3.69. The molecular formula is C15H22OS2. The van der Waals surface area contributed by atoms with Crippen molar-refractivity contribution >= 4 is 24.4 Å². The van der Waals surface area contributed by atoms with Crippen molar-refractivity contribution in [2.75, 3.05) is 24.7 Å². The van der Waals surface area contributed by atoms with Gasteiger partial charge in [0.2, 0.25) is 0 Å². The molecule has 1 heterocycles. The summed E-state index contributed by atoms with van der Waals surface area (Å²) in [5.74, 6) is 3.30. The maximum atomic E-state index is 5.47. The number of thiol groups is 1. The van der Waals surface area contributed by atoms with E-state index in [0.29, 0.717) is 5.41 Å². The second kappa shape index (κ2) is 6.88. The van der Waals surface area contributed by atoms with Crippen LogP contribution in [0.25, 0.3) is 0 Å². The van der Waals surface area contributed by atoms with E-state index in [-0.39, 0.29) is 0 Å². The van der Waals surface area contributed by atoms with Crippen LogP contribution in [0.15, 0.2) is 24.3 Å². The molecule has 0 bridgehead atoms. The Morgan fingerprint density at radius 2 is 2.00 bits per heavy atom. The number of thioether (sulfide) groups is 1. The monoisotopic (exact) mass is 282 g/mol. The lowest BCUT2D eigenvalue weighted by Crippen LogP contribution is -2.33. The van der Waals surface area contributed by atoms with Crippen molar-refractivity contribution in [2.24, 2.45) is 5.41 Å². The zero-order valence-corrected chi connectivity index (χ0v) is 12.7. The minimum absolute atomic E-state index is 0.398. The van der Waals surface area contributed by atoms with Gasteiger partial charge in [0.1, 0.15) is 0 Å². The molecule has 1 nitrogen and oxygen atoms in total. The Kier molecular flexibility index (Phi) is 5.46. The molecule has 18 heavy (non-hydrogen) atoms. The molecule has 1 aromatic carbocycles. The van der Waals surface area contributed by atoms with Crippen LogP contribution < -0.4 is 0 Å². The molecule has 1 aliphatic heterocycles. The SMILES string of the molecule is Cc1ccccc1CSCC1(CS)CCOCC1. The predicted octanol–water partition coefficient (Wildman–Crippen LogP) is 3.95. The van der Waals surface area contributed by atoms with Gasteiger partial charge in [-0.2, -0.15) is 24.4 Å². The largest absolute Gasteiger partial charge is 0.381 e. The zero-order chi connectivity index (χ0) is 12.8. The van der Waals surface area contributed by atoms with E-state index in [0.717, 1.165) is 37.6 Å². The first-order valence-electron chi connectivity index (χ1n) is 6.57. The van der Waals surface area contributed by atoms with Crippen molar-refractivity contribution < 1.29 is 4.74 Å². The Balaban J connectivity index is 1.85. The maximum Gasteiger partial charge on any atom is 0.0471 e. The highest BCUT2D eigenvalue weighted by atomic mass is 32.2. The van der Waals surface area contributed by atoms with E-state index in [1.165, 1.54) is 16.9 Å². The highest BCUT2D eigenvalue weighted by Gasteiger charge is 2.30. The van der Waals surface area contributed by atoms with Crippen LogP contribution in [0.2, 0.25) is 0 Å². The molecule has 1 aliphatic rings. The van der Waals surface area contributed by atoms with Crippen molar-refractivity contribution in [2.45, 2.75) is 25.5 Å². The Labute approximate surface area is 120 Å². The molecule has 0 unspecified atom stereocenters. The van der Waals surface area contributed by atoms with Gasteiger partial charge in [-0.3, -0.25) is 0 Å². The second-order valence-electron chi connectivity index (χ2n) is 5.19. The smallest absolute Gasteiger partial charge is 0.0471 e. The number of rotatable bonds is 5. The number of hydrogen-bond donors (Lipinski definition) is 1. The Bertz CT molecular complexity index is 373. The molecule has 1 saturated heterocycles. The second-order valence-corrected chi connectivity index (χ2v) is 6.49. The molecule has 0 spiro atoms. The van der Waals surface area contributed by atoms with Gasteiger partial charge in [-0.1, -0.05) is 24.3 Å². The summed E-state index contributed by atoms with van der Waals surface area (Å²) in [7, 11) is 0. The van der Waals surface area contributed by atoms with Gasteiger partial charge >= 0.3 is 0 Å². The third-order valence-electron chi connectivity index (χ3n) is 3.82. The summed E-state index contributed by atoms with van der Waals surface area (Å²) >= 11 is 6.61. The van der Waals surface area contributed by atoms with Crippen LogP contribution in [0.5, 0.6) is 0 Å². The topological polar surface area (TPSA) is 9.23 Å². The average molecular weight is 282 g/mol. The first-order chi connectivity index (χ1) is 8.76. The van der Waals surface area contributed by atoms with E-state index < -0.39 is 0 Å². The van der Waals surface area contributed by atoms with Crippen LogP contribution in [-0.2, 0) is 10.5 Å². The van der Waals surface area contributed by atoms with Crippen LogP contribution in [0.3, 0.4) is 0 Å². The lowest BCUT2D eigenvalue weighted by molar-refractivity contribution is 0.0371. The summed E-state index contributed by atoms with van der Waals surface area (Å²) in [5.41, 5.74) is 3.26. The van der Waals surface area contributed by atoms with Crippen molar-refractivity contribution in [3.8, 4) is 0 Å². The molecular weight excluding hydrogens is 260 g/mol. The first kappa shape index (κ1) is 14.3. The fourth-order valence-electron chi connectivity index (χ4n) is 2.30. The van der Waals surface area contributed by atoms with Crippen LogP contribution in [-0.4, -0.2) is 24.7 Å². The van der Waals surface area contributed by atoms with E-state index >= 15 is 0 Å². The normalized spacial score (nSPS) is 18.8. The molecule has 0 N–H and O–H groups in total. The number of benzene rings is 1. The van der Waals surface area contributed by atoms with Crippen molar-refractivity contribution in [3.63, 3.8) is 0 Å². The van der Waals surface area contributed by atoms with Crippen molar-refractivity contribution in [1.82, 2.24) is 0 Å². The Morgan fingerprint density at radius 3 is 2.67 bits per heavy atom. The summed E-state index contributed by atoms with van der Waals surface area (Å²) in [6.45, 7) is 4.01. The van der Waals surface area contributed by atoms with Gasteiger partial charge in [0.15, 0.2) is 0 Å². The molecule has 2 rings (SSSR count). The van der Waals surface area contributed by atoms with Gasteiger partial charge in [-0.15, -0.1) is 0 Å². The minimum Gasteiger partial charge on any atom is -0.381 e. The summed E-state index contributed by atoms with van der Waals surface area (Å²) in [6, 6.07) is 8.67. The van der Waals surface area contributed by atoms with E-state index in [1.54, 1.807) is 0 Å². The van der Waals surface area contributed by atoms with Crippen LogP contribution >= 0.6 is 24.4 Å². The highest BCUT2D eigenvalue weighted by molar-refractivity contribution is 7.98. The molecule has 100 valence electrons. The van der Waals surface area contributed by atoms with E-state index in [9.17, 15) is 0 Å². The Morgan fingerprint density at radius 1 is 1.28 bits per heavy atom. The van der Waals surface area contributed by atoms with E-state index in [4.69, 9.17) is 4.74 Å². The first-order valence-corrected chi connectivity index (χ1v) is 8.35. The minimum atomic E-state index is 0.398. The molecule has 0 aromatic heterocycles. The van der Waals surface area contributed by atoms with Crippen molar-refractivity contribution in [1.29, 1.82) is 0 Å². The fourth-order valence-corrected chi connectivity index (χ4v) is 4.35. The molecule has 3 heteroatoms. The fraction of sp³-hybridized carbons (Fsp3) is 0.600. The number of aryl methyl sites for hydroxylation is 1. The summed E-state index contributed by atoms with van der Waals surface area (Å²) < 4.78 is 5.47. The lowest BCUT2D eigenvalue weighted by Gasteiger charge is -2.35. The van der Waals surface area contributed by atoms with E-state index in [2.05, 4.69) is 43.8 Å². The molecule has 0 atom stereocenters. The van der Waals surface area contributed by atoms with E-state index in [1.807, 2.05) is 11.8 Å². The lowest BCUT2D eigenvalue weighted by atomic mass is 9.84. The standard InChI is InChI=1S/C15H22OS2/c1-13-4-2-3-5-14(13)10-18-12-15(11-17)6-8-16-9-7-15/h2-5,17H,6-12H2,1H3. The van der Waals surface area contributed by atoms with Crippen LogP contribution in [0.4, 0.5) is 0 Å². The quantitative estimate of drug-likeness (QED) is 0.819. The molecule has 1 aromatic rings. The third-order valence-corrected chi connectivity index (χ3v) is 5.82. The molecule has 1 fully saturated rings. The summed E-state index contributed by atoms with van der Waals surface area (Å²) in [5, 5.41) is 0. The number of hydrogen-bond acceptors (Lipinski definition) is 3. The molecule has 0 radical (unpaired) electrons. The molecule has 0 aliphatic carbocycles.